The maximum absolute atomic E-state index is 13.2. The first-order chi connectivity index (χ1) is 14.0. The largest absolute Gasteiger partial charge is 0.435 e. The molecule has 0 aromatic heterocycles. The van der Waals surface area contributed by atoms with E-state index in [9.17, 15) is 18.4 Å². The summed E-state index contributed by atoms with van der Waals surface area (Å²) in [5.74, 6) is -0.0206. The highest BCUT2D eigenvalue weighted by atomic mass is 19.3. The Morgan fingerprint density at radius 3 is 2.52 bits per heavy atom. The van der Waals surface area contributed by atoms with Crippen LogP contribution in [0.5, 0.6) is 5.75 Å². The summed E-state index contributed by atoms with van der Waals surface area (Å²) >= 11 is 0. The summed E-state index contributed by atoms with van der Waals surface area (Å²) in [6.07, 6.45) is 1.66. The maximum Gasteiger partial charge on any atom is 0.387 e. The minimum absolute atomic E-state index is 0.0250. The number of halogens is 2. The Kier molecular flexibility index (Phi) is 5.47. The maximum atomic E-state index is 13.2. The molecule has 0 bridgehead atoms. The van der Waals surface area contributed by atoms with Crippen LogP contribution >= 0.6 is 0 Å². The predicted octanol–water partition coefficient (Wildman–Crippen LogP) is 3.36. The van der Waals surface area contributed by atoms with E-state index in [0.717, 1.165) is 17.5 Å². The van der Waals surface area contributed by atoms with Crippen molar-refractivity contribution in [2.45, 2.75) is 45.0 Å². The van der Waals surface area contributed by atoms with Crippen LogP contribution in [0.4, 0.5) is 8.78 Å². The summed E-state index contributed by atoms with van der Waals surface area (Å²) in [7, 11) is 0. The van der Waals surface area contributed by atoms with Crippen molar-refractivity contribution in [1.29, 1.82) is 0 Å². The summed E-state index contributed by atoms with van der Waals surface area (Å²) in [5.41, 5.74) is 3.18. The number of rotatable bonds is 5. The van der Waals surface area contributed by atoms with Crippen molar-refractivity contribution in [3.8, 4) is 5.75 Å². The van der Waals surface area contributed by atoms with Crippen molar-refractivity contribution in [3.05, 3.63) is 65.2 Å². The van der Waals surface area contributed by atoms with Gasteiger partial charge in [0.15, 0.2) is 0 Å². The molecule has 4 rings (SSSR count). The molecule has 2 aromatic rings. The van der Waals surface area contributed by atoms with Crippen LogP contribution in [-0.2, 0) is 29.1 Å². The van der Waals surface area contributed by atoms with E-state index in [2.05, 4.69) is 10.8 Å². The molecular formula is C22H22F2N2O3. The molecule has 1 unspecified atom stereocenters. The second-order valence-corrected chi connectivity index (χ2v) is 7.38. The third kappa shape index (κ3) is 4.23. The molecular weight excluding hydrogens is 378 g/mol. The first-order valence-corrected chi connectivity index (χ1v) is 9.70. The molecule has 2 aliphatic rings. The van der Waals surface area contributed by atoms with Crippen molar-refractivity contribution in [1.82, 2.24) is 9.80 Å². The van der Waals surface area contributed by atoms with Gasteiger partial charge in [-0.2, -0.15) is 8.78 Å². The van der Waals surface area contributed by atoms with Gasteiger partial charge in [0.2, 0.25) is 11.8 Å². The molecule has 5 nitrogen and oxygen atoms in total. The van der Waals surface area contributed by atoms with Crippen LogP contribution in [0.15, 0.2) is 48.5 Å². The number of alkyl halides is 2. The van der Waals surface area contributed by atoms with E-state index in [-0.39, 0.29) is 24.1 Å². The van der Waals surface area contributed by atoms with Crippen LogP contribution in [0.2, 0.25) is 0 Å². The molecule has 1 atom stereocenters. The Labute approximate surface area is 167 Å². The van der Waals surface area contributed by atoms with Gasteiger partial charge in [-0.25, -0.2) is 0 Å². The van der Waals surface area contributed by atoms with Crippen molar-refractivity contribution < 1.29 is 23.1 Å². The molecule has 2 amide bonds. The smallest absolute Gasteiger partial charge is 0.387 e. The first-order valence-electron chi connectivity index (χ1n) is 9.70. The highest BCUT2D eigenvalue weighted by Gasteiger charge is 2.38. The fourth-order valence-corrected chi connectivity index (χ4v) is 4.06. The summed E-state index contributed by atoms with van der Waals surface area (Å²) in [5, 5.41) is 0. The number of carbonyl (C=O) groups excluding carboxylic acids is 2. The van der Waals surface area contributed by atoms with Crippen molar-refractivity contribution in [3.63, 3.8) is 0 Å². The molecule has 1 fully saturated rings. The van der Waals surface area contributed by atoms with Crippen molar-refractivity contribution >= 4 is 11.8 Å². The van der Waals surface area contributed by atoms with Crippen LogP contribution in [0.1, 0.15) is 29.5 Å². The van der Waals surface area contributed by atoms with Gasteiger partial charge in [-0.1, -0.05) is 36.4 Å². The Bertz CT molecular complexity index is 901. The van der Waals surface area contributed by atoms with Gasteiger partial charge in [0, 0.05) is 26.1 Å². The number of hydrogen-bond donors (Lipinski definition) is 0. The van der Waals surface area contributed by atoms with Gasteiger partial charge >= 0.3 is 6.61 Å². The SMILES string of the molecule is O=C(C1CCC(=O)N1Cc1ccc(OC(F)F)cc1)N1CCc2ccccc2C1. The Morgan fingerprint density at radius 2 is 1.79 bits per heavy atom. The monoisotopic (exact) mass is 400 g/mol. The molecule has 0 aliphatic carbocycles. The van der Waals surface area contributed by atoms with Crippen LogP contribution in [0.25, 0.3) is 0 Å². The average Bonchev–Trinajstić information content (AvgIpc) is 3.08. The Morgan fingerprint density at radius 1 is 1.07 bits per heavy atom. The third-order valence-corrected chi connectivity index (χ3v) is 5.56. The van der Waals surface area contributed by atoms with E-state index >= 15 is 0 Å². The standard InChI is InChI=1S/C22H22F2N2O3/c23-22(24)29-18-7-5-15(6-8-18)13-26-19(9-10-20(26)27)21(28)25-12-11-16-3-1-2-4-17(16)14-25/h1-8,19,22H,9-14H2. The van der Waals surface area contributed by atoms with Crippen LogP contribution < -0.4 is 4.74 Å². The predicted molar refractivity (Wildman–Crippen MR) is 102 cm³/mol. The Hall–Kier alpha value is -2.96. The fourth-order valence-electron chi connectivity index (χ4n) is 4.06. The topological polar surface area (TPSA) is 49.9 Å². The minimum Gasteiger partial charge on any atom is -0.435 e. The lowest BCUT2D eigenvalue weighted by Gasteiger charge is -2.33. The number of fused-ring (bicyclic) bond motifs is 1. The highest BCUT2D eigenvalue weighted by Crippen LogP contribution is 2.27. The number of nitrogens with zero attached hydrogens (tertiary/aromatic N) is 2. The first kappa shape index (κ1) is 19.4. The summed E-state index contributed by atoms with van der Waals surface area (Å²) in [6.45, 7) is -1.40. The zero-order valence-corrected chi connectivity index (χ0v) is 15.9. The zero-order chi connectivity index (χ0) is 20.4. The highest BCUT2D eigenvalue weighted by molar-refractivity contribution is 5.91. The quantitative estimate of drug-likeness (QED) is 0.773. The molecule has 29 heavy (non-hydrogen) atoms. The number of hydrogen-bond acceptors (Lipinski definition) is 3. The van der Waals surface area contributed by atoms with Gasteiger partial charge in [-0.3, -0.25) is 9.59 Å². The summed E-state index contributed by atoms with van der Waals surface area (Å²) in [6, 6.07) is 13.8. The van der Waals surface area contributed by atoms with Gasteiger partial charge < -0.3 is 14.5 Å². The van der Waals surface area contributed by atoms with Crippen LogP contribution in [0.3, 0.4) is 0 Å². The lowest BCUT2D eigenvalue weighted by Crippen LogP contribution is -2.48. The van der Waals surface area contributed by atoms with Crippen molar-refractivity contribution in [2.24, 2.45) is 0 Å². The third-order valence-electron chi connectivity index (χ3n) is 5.56. The molecule has 152 valence electrons. The summed E-state index contributed by atoms with van der Waals surface area (Å²) in [4.78, 5) is 29.0. The van der Waals surface area contributed by atoms with E-state index in [4.69, 9.17) is 0 Å². The zero-order valence-electron chi connectivity index (χ0n) is 15.9. The normalized spacial score (nSPS) is 18.9. The van der Waals surface area contributed by atoms with E-state index in [1.165, 1.54) is 17.7 Å². The lowest BCUT2D eigenvalue weighted by atomic mass is 9.99. The van der Waals surface area contributed by atoms with Gasteiger partial charge in [0.05, 0.1) is 0 Å². The van der Waals surface area contributed by atoms with E-state index in [1.807, 2.05) is 23.1 Å². The van der Waals surface area contributed by atoms with Crippen LogP contribution in [-0.4, -0.2) is 40.8 Å². The molecule has 7 heteroatoms. The number of amides is 2. The minimum atomic E-state index is -2.88. The molecule has 2 aliphatic heterocycles. The molecule has 0 spiro atoms. The number of likely N-dealkylation sites (tertiary alicyclic amines) is 1. The second kappa shape index (κ2) is 8.19. The molecule has 1 saturated heterocycles. The number of ether oxygens (including phenoxy) is 1. The van der Waals surface area contributed by atoms with Crippen LogP contribution in [0, 0.1) is 0 Å². The van der Waals surface area contributed by atoms with E-state index < -0.39 is 12.7 Å². The van der Waals surface area contributed by atoms with E-state index in [1.54, 1.807) is 17.0 Å². The number of benzene rings is 2. The van der Waals surface area contributed by atoms with Gasteiger partial charge in [-0.15, -0.1) is 0 Å². The average molecular weight is 400 g/mol. The van der Waals surface area contributed by atoms with Gasteiger partial charge in [0.25, 0.3) is 0 Å². The molecule has 0 saturated carbocycles. The van der Waals surface area contributed by atoms with Gasteiger partial charge in [0.1, 0.15) is 11.8 Å². The Balaban J connectivity index is 1.45. The molecule has 2 aromatic carbocycles. The molecule has 0 N–H and O–H groups in total. The fraction of sp³-hybridized carbons (Fsp3) is 0.364. The molecule has 0 radical (unpaired) electrons. The van der Waals surface area contributed by atoms with Gasteiger partial charge in [-0.05, 0) is 41.7 Å². The summed E-state index contributed by atoms with van der Waals surface area (Å²) < 4.78 is 28.9. The lowest BCUT2D eigenvalue weighted by molar-refractivity contribution is -0.142. The van der Waals surface area contributed by atoms with E-state index in [0.29, 0.717) is 25.9 Å². The number of carbonyl (C=O) groups is 2. The van der Waals surface area contributed by atoms with Crippen molar-refractivity contribution in [2.75, 3.05) is 6.54 Å². The molecule has 2 heterocycles. The second-order valence-electron chi connectivity index (χ2n) is 7.38.